The largest absolute Gasteiger partial charge is 0.385 e. The minimum Gasteiger partial charge on any atom is -0.385 e. The normalized spacial score (nSPS) is 49.5. The molecule has 0 aromatic rings. The van der Waals surface area contributed by atoms with Crippen molar-refractivity contribution in [3.63, 3.8) is 0 Å². The highest BCUT2D eigenvalue weighted by Gasteiger charge is 2.64. The van der Waals surface area contributed by atoms with Gasteiger partial charge in [0, 0.05) is 0 Å². The molecule has 0 aliphatic carbocycles. The SMILES string of the molecule is CC1(C)OC[C@H]2O[C@]3(COC(C)(C)O3)C(O)C2O1. The van der Waals surface area contributed by atoms with Gasteiger partial charge in [-0.15, -0.1) is 0 Å². The van der Waals surface area contributed by atoms with Crippen LogP contribution in [0, 0.1) is 0 Å². The maximum Gasteiger partial charge on any atom is 0.224 e. The molecule has 3 rings (SSSR count). The number of aliphatic hydroxyl groups excluding tert-OH is 1. The molecule has 2 unspecified atom stereocenters. The lowest BCUT2D eigenvalue weighted by atomic mass is 10.0. The van der Waals surface area contributed by atoms with Crippen LogP contribution in [-0.2, 0) is 23.7 Å². The molecule has 6 heteroatoms. The molecule has 0 bridgehead atoms. The molecule has 0 aromatic heterocycles. The minimum absolute atomic E-state index is 0.192. The second kappa shape index (κ2) is 3.65. The average molecular weight is 260 g/mol. The smallest absolute Gasteiger partial charge is 0.224 e. The Morgan fingerprint density at radius 1 is 1.00 bits per heavy atom. The Bertz CT molecular complexity index is 352. The molecule has 6 nitrogen and oxygen atoms in total. The molecule has 3 saturated heterocycles. The zero-order chi connectivity index (χ0) is 13.2. The van der Waals surface area contributed by atoms with Crippen molar-refractivity contribution in [2.45, 2.75) is 63.4 Å². The molecule has 1 N–H and O–H groups in total. The summed E-state index contributed by atoms with van der Waals surface area (Å²) in [5.41, 5.74) is 0. The number of ether oxygens (including phenoxy) is 5. The third-order valence-electron chi connectivity index (χ3n) is 3.53. The Balaban J connectivity index is 1.82. The second-order valence-corrected chi connectivity index (χ2v) is 6.00. The van der Waals surface area contributed by atoms with E-state index >= 15 is 0 Å². The summed E-state index contributed by atoms with van der Waals surface area (Å²) >= 11 is 0. The van der Waals surface area contributed by atoms with Crippen LogP contribution >= 0.6 is 0 Å². The topological polar surface area (TPSA) is 66.4 Å². The molecule has 104 valence electrons. The van der Waals surface area contributed by atoms with E-state index < -0.39 is 29.6 Å². The van der Waals surface area contributed by atoms with Crippen LogP contribution in [-0.4, -0.2) is 54.0 Å². The summed E-state index contributed by atoms with van der Waals surface area (Å²) in [5.74, 6) is -2.61. The Kier molecular flexibility index (Phi) is 2.59. The molecule has 0 amide bonds. The summed E-state index contributed by atoms with van der Waals surface area (Å²) in [5, 5.41) is 10.4. The summed E-state index contributed by atoms with van der Waals surface area (Å²) in [6.45, 7) is 7.79. The number of rotatable bonds is 0. The molecule has 3 fully saturated rings. The van der Waals surface area contributed by atoms with Crippen LogP contribution in [0.25, 0.3) is 0 Å². The zero-order valence-electron chi connectivity index (χ0n) is 11.1. The standard InChI is InChI=1S/C12H20O6/c1-10(2)14-5-7-8(17-10)9(13)12(16-7)6-15-11(3,4)18-12/h7-9,13H,5-6H2,1-4H3/t7-,8?,9?,12+/m1/s1. The van der Waals surface area contributed by atoms with Gasteiger partial charge in [-0.05, 0) is 27.7 Å². The summed E-state index contributed by atoms with van der Waals surface area (Å²) < 4.78 is 28.3. The lowest BCUT2D eigenvalue weighted by Crippen LogP contribution is -2.52. The van der Waals surface area contributed by atoms with Crippen LogP contribution in [0.4, 0.5) is 0 Å². The van der Waals surface area contributed by atoms with Gasteiger partial charge in [0.2, 0.25) is 5.79 Å². The van der Waals surface area contributed by atoms with Crippen molar-refractivity contribution in [1.82, 2.24) is 0 Å². The molecule has 0 aromatic carbocycles. The van der Waals surface area contributed by atoms with Gasteiger partial charge < -0.3 is 28.8 Å². The van der Waals surface area contributed by atoms with Gasteiger partial charge in [0.1, 0.15) is 24.9 Å². The Morgan fingerprint density at radius 2 is 1.72 bits per heavy atom. The first-order valence-corrected chi connectivity index (χ1v) is 6.25. The van der Waals surface area contributed by atoms with E-state index in [1.54, 1.807) is 13.8 Å². The van der Waals surface area contributed by atoms with E-state index in [1.807, 2.05) is 13.8 Å². The molecule has 3 aliphatic rings. The van der Waals surface area contributed by atoms with Crippen molar-refractivity contribution in [2.24, 2.45) is 0 Å². The van der Waals surface area contributed by atoms with E-state index in [1.165, 1.54) is 0 Å². The number of fused-ring (bicyclic) bond motifs is 1. The van der Waals surface area contributed by atoms with Gasteiger partial charge in [-0.1, -0.05) is 0 Å². The fraction of sp³-hybridized carbons (Fsp3) is 1.00. The first-order chi connectivity index (χ1) is 8.23. The van der Waals surface area contributed by atoms with E-state index in [0.29, 0.717) is 6.61 Å². The van der Waals surface area contributed by atoms with Gasteiger partial charge in [0.05, 0.1) is 6.61 Å². The predicted molar refractivity (Wildman–Crippen MR) is 59.6 cm³/mol. The molecule has 1 spiro atoms. The predicted octanol–water partition coefficient (Wildman–Crippen LogP) is 0.377. The van der Waals surface area contributed by atoms with Gasteiger partial charge in [-0.3, -0.25) is 0 Å². The summed E-state index contributed by atoms with van der Waals surface area (Å²) in [6, 6.07) is 0. The minimum atomic E-state index is -1.14. The van der Waals surface area contributed by atoms with E-state index in [9.17, 15) is 5.11 Å². The van der Waals surface area contributed by atoms with Gasteiger partial charge in [-0.2, -0.15) is 0 Å². The Labute approximate surface area is 106 Å². The van der Waals surface area contributed by atoms with Gasteiger partial charge in [-0.25, -0.2) is 0 Å². The average Bonchev–Trinajstić information content (AvgIpc) is 2.68. The van der Waals surface area contributed by atoms with Crippen molar-refractivity contribution in [3.05, 3.63) is 0 Å². The van der Waals surface area contributed by atoms with E-state index in [0.717, 1.165) is 0 Å². The zero-order valence-corrected chi connectivity index (χ0v) is 11.1. The van der Waals surface area contributed by atoms with Crippen LogP contribution in [0.3, 0.4) is 0 Å². The highest BCUT2D eigenvalue weighted by Crippen LogP contribution is 2.45. The van der Waals surface area contributed by atoms with Crippen molar-refractivity contribution >= 4 is 0 Å². The molecule has 0 radical (unpaired) electrons. The highest BCUT2D eigenvalue weighted by molar-refractivity contribution is 5.02. The van der Waals surface area contributed by atoms with Gasteiger partial charge >= 0.3 is 0 Å². The van der Waals surface area contributed by atoms with Crippen LogP contribution in [0.5, 0.6) is 0 Å². The molecule has 4 atom stereocenters. The van der Waals surface area contributed by atoms with Crippen molar-refractivity contribution < 1.29 is 28.8 Å². The van der Waals surface area contributed by atoms with Crippen LogP contribution in [0.15, 0.2) is 0 Å². The molecular formula is C12H20O6. The van der Waals surface area contributed by atoms with E-state index in [-0.39, 0.29) is 12.7 Å². The number of hydrogen-bond donors (Lipinski definition) is 1. The van der Waals surface area contributed by atoms with E-state index in [4.69, 9.17) is 23.7 Å². The molecule has 18 heavy (non-hydrogen) atoms. The summed E-state index contributed by atoms with van der Waals surface area (Å²) in [4.78, 5) is 0. The lowest BCUT2D eigenvalue weighted by molar-refractivity contribution is -0.303. The van der Waals surface area contributed by atoms with Crippen LogP contribution < -0.4 is 0 Å². The number of aliphatic hydroxyl groups is 1. The van der Waals surface area contributed by atoms with Crippen molar-refractivity contribution in [3.8, 4) is 0 Å². The molecule has 3 heterocycles. The third kappa shape index (κ3) is 1.88. The van der Waals surface area contributed by atoms with Crippen molar-refractivity contribution in [2.75, 3.05) is 13.2 Å². The maximum atomic E-state index is 10.4. The van der Waals surface area contributed by atoms with Crippen molar-refractivity contribution in [1.29, 1.82) is 0 Å². The Morgan fingerprint density at radius 3 is 2.33 bits per heavy atom. The first-order valence-electron chi connectivity index (χ1n) is 6.25. The summed E-state index contributed by atoms with van der Waals surface area (Å²) in [7, 11) is 0. The summed E-state index contributed by atoms with van der Waals surface area (Å²) in [6.07, 6.45) is -1.66. The third-order valence-corrected chi connectivity index (χ3v) is 3.53. The lowest BCUT2D eigenvalue weighted by Gasteiger charge is -2.37. The highest BCUT2D eigenvalue weighted by atomic mass is 16.9. The maximum absolute atomic E-state index is 10.4. The fourth-order valence-electron chi connectivity index (χ4n) is 2.71. The molecular weight excluding hydrogens is 240 g/mol. The molecule has 0 saturated carbocycles. The quantitative estimate of drug-likeness (QED) is 0.679. The van der Waals surface area contributed by atoms with Gasteiger partial charge in [0.15, 0.2) is 11.6 Å². The second-order valence-electron chi connectivity index (χ2n) is 6.00. The fourth-order valence-corrected chi connectivity index (χ4v) is 2.71. The monoisotopic (exact) mass is 260 g/mol. The van der Waals surface area contributed by atoms with Crippen LogP contribution in [0.1, 0.15) is 27.7 Å². The van der Waals surface area contributed by atoms with Gasteiger partial charge in [0.25, 0.3) is 0 Å². The first kappa shape index (κ1) is 12.8. The van der Waals surface area contributed by atoms with E-state index in [2.05, 4.69) is 0 Å². The molecule has 3 aliphatic heterocycles. The number of hydrogen-bond acceptors (Lipinski definition) is 6. The van der Waals surface area contributed by atoms with Crippen LogP contribution in [0.2, 0.25) is 0 Å². The Hall–Kier alpha value is -0.240.